The summed E-state index contributed by atoms with van der Waals surface area (Å²) in [5, 5.41) is 3.26. The quantitative estimate of drug-likeness (QED) is 0.753. The zero-order valence-electron chi connectivity index (χ0n) is 11.6. The molecule has 0 aliphatic heterocycles. The van der Waals surface area contributed by atoms with Crippen molar-refractivity contribution in [3.05, 3.63) is 15.6 Å². The number of hydrogen-bond donors (Lipinski definition) is 1. The molecular formula is C13H22IN3O. The van der Waals surface area contributed by atoms with E-state index in [1.165, 1.54) is 0 Å². The smallest absolute Gasteiger partial charge is 0.162 e. The number of aromatic nitrogens is 2. The molecule has 0 aromatic carbocycles. The highest BCUT2D eigenvalue weighted by molar-refractivity contribution is 14.1. The minimum atomic E-state index is -0.358. The molecule has 0 spiro atoms. The first-order valence-corrected chi connectivity index (χ1v) is 7.62. The zero-order chi connectivity index (χ0) is 13.6. The number of ether oxygens (including phenoxy) is 1. The molecule has 0 atom stereocenters. The number of anilines is 1. The Kier molecular flexibility index (Phi) is 6.28. The second-order valence-electron chi connectivity index (χ2n) is 4.05. The van der Waals surface area contributed by atoms with E-state index in [4.69, 9.17) is 4.74 Å². The van der Waals surface area contributed by atoms with Crippen LogP contribution >= 0.6 is 22.6 Å². The first kappa shape index (κ1) is 15.6. The second-order valence-corrected chi connectivity index (χ2v) is 5.22. The summed E-state index contributed by atoms with van der Waals surface area (Å²) in [6.45, 7) is 9.84. The summed E-state index contributed by atoms with van der Waals surface area (Å²) in [4.78, 5) is 9.11. The highest BCUT2D eigenvalue weighted by Gasteiger charge is 2.32. The van der Waals surface area contributed by atoms with Crippen LogP contribution in [0.25, 0.3) is 0 Å². The van der Waals surface area contributed by atoms with Crippen LogP contribution in [0.3, 0.4) is 0 Å². The van der Waals surface area contributed by atoms with Gasteiger partial charge in [0, 0.05) is 19.3 Å². The van der Waals surface area contributed by atoms with E-state index >= 15 is 0 Å². The SMILES string of the molecule is CCNc1nc(C(CC)(CC)OCC)ncc1I. The molecule has 4 nitrogen and oxygen atoms in total. The molecule has 0 fully saturated rings. The van der Waals surface area contributed by atoms with Crippen LogP contribution in [0.4, 0.5) is 5.82 Å². The predicted octanol–water partition coefficient (Wildman–Crippen LogP) is 3.56. The van der Waals surface area contributed by atoms with Gasteiger partial charge in [0.1, 0.15) is 11.4 Å². The van der Waals surface area contributed by atoms with E-state index in [1.54, 1.807) is 0 Å². The molecule has 0 saturated carbocycles. The fourth-order valence-corrected chi connectivity index (χ4v) is 2.44. The lowest BCUT2D eigenvalue weighted by Gasteiger charge is -2.30. The van der Waals surface area contributed by atoms with E-state index in [2.05, 4.69) is 58.6 Å². The van der Waals surface area contributed by atoms with Crippen molar-refractivity contribution in [2.45, 2.75) is 46.1 Å². The maximum absolute atomic E-state index is 5.93. The summed E-state index contributed by atoms with van der Waals surface area (Å²) in [6.07, 6.45) is 3.62. The lowest BCUT2D eigenvalue weighted by molar-refractivity contribution is -0.0570. The van der Waals surface area contributed by atoms with Gasteiger partial charge in [-0.05, 0) is 49.3 Å². The third-order valence-electron chi connectivity index (χ3n) is 3.06. The molecule has 5 heteroatoms. The fraction of sp³-hybridized carbons (Fsp3) is 0.692. The van der Waals surface area contributed by atoms with Crippen LogP contribution in [-0.4, -0.2) is 23.1 Å². The van der Waals surface area contributed by atoms with Crippen molar-refractivity contribution in [2.24, 2.45) is 0 Å². The van der Waals surface area contributed by atoms with Gasteiger partial charge in [-0.3, -0.25) is 0 Å². The Morgan fingerprint density at radius 1 is 1.28 bits per heavy atom. The third kappa shape index (κ3) is 3.32. The van der Waals surface area contributed by atoms with E-state index in [0.29, 0.717) is 6.61 Å². The summed E-state index contributed by atoms with van der Waals surface area (Å²) < 4.78 is 6.97. The van der Waals surface area contributed by atoms with Gasteiger partial charge in [0.15, 0.2) is 5.82 Å². The summed E-state index contributed by atoms with van der Waals surface area (Å²) in [6, 6.07) is 0. The van der Waals surface area contributed by atoms with E-state index < -0.39 is 0 Å². The van der Waals surface area contributed by atoms with E-state index in [0.717, 1.165) is 34.6 Å². The number of nitrogens with one attached hydrogen (secondary N) is 1. The molecule has 18 heavy (non-hydrogen) atoms. The number of rotatable bonds is 7. The van der Waals surface area contributed by atoms with Crippen molar-refractivity contribution < 1.29 is 4.74 Å². The Labute approximate surface area is 123 Å². The predicted molar refractivity (Wildman–Crippen MR) is 82.8 cm³/mol. The molecule has 0 unspecified atom stereocenters. The van der Waals surface area contributed by atoms with Gasteiger partial charge < -0.3 is 10.1 Å². The normalized spacial score (nSPS) is 11.6. The monoisotopic (exact) mass is 363 g/mol. The van der Waals surface area contributed by atoms with Crippen molar-refractivity contribution in [2.75, 3.05) is 18.5 Å². The molecule has 0 aliphatic rings. The number of nitrogens with zero attached hydrogens (tertiary/aromatic N) is 2. The Balaban J connectivity index is 3.16. The molecule has 0 aliphatic carbocycles. The van der Waals surface area contributed by atoms with Crippen molar-refractivity contribution in [3.8, 4) is 0 Å². The first-order valence-electron chi connectivity index (χ1n) is 6.54. The van der Waals surface area contributed by atoms with Crippen LogP contribution in [0.2, 0.25) is 0 Å². The number of hydrogen-bond acceptors (Lipinski definition) is 4. The molecule has 0 radical (unpaired) electrons. The Morgan fingerprint density at radius 3 is 2.44 bits per heavy atom. The van der Waals surface area contributed by atoms with Crippen molar-refractivity contribution >= 4 is 28.4 Å². The Morgan fingerprint density at radius 2 is 1.94 bits per heavy atom. The molecule has 1 rings (SSSR count). The standard InChI is InChI=1S/C13H22IN3O/c1-5-13(6-2,18-8-4)12-16-9-10(14)11(17-12)15-7-3/h9H,5-8H2,1-4H3,(H,15,16,17). The van der Waals surface area contributed by atoms with Gasteiger partial charge in [-0.15, -0.1) is 0 Å². The molecule has 102 valence electrons. The molecule has 1 aromatic heterocycles. The fourth-order valence-electron chi connectivity index (χ4n) is 1.99. The van der Waals surface area contributed by atoms with Crippen LogP contribution in [0.15, 0.2) is 6.20 Å². The van der Waals surface area contributed by atoms with Crippen molar-refractivity contribution in [3.63, 3.8) is 0 Å². The average molecular weight is 363 g/mol. The second kappa shape index (κ2) is 7.23. The molecule has 0 amide bonds. The van der Waals surface area contributed by atoms with E-state index in [9.17, 15) is 0 Å². The summed E-state index contributed by atoms with van der Waals surface area (Å²) >= 11 is 2.25. The van der Waals surface area contributed by atoms with Crippen LogP contribution in [-0.2, 0) is 10.3 Å². The minimum Gasteiger partial charge on any atom is -0.369 e. The summed E-state index contributed by atoms with van der Waals surface area (Å²) in [5.74, 6) is 1.68. The highest BCUT2D eigenvalue weighted by atomic mass is 127. The third-order valence-corrected chi connectivity index (χ3v) is 3.85. The van der Waals surface area contributed by atoms with Gasteiger partial charge in [-0.2, -0.15) is 0 Å². The van der Waals surface area contributed by atoms with Gasteiger partial charge in [-0.25, -0.2) is 9.97 Å². The largest absolute Gasteiger partial charge is 0.369 e. The lowest BCUT2D eigenvalue weighted by Crippen LogP contribution is -2.31. The van der Waals surface area contributed by atoms with E-state index in [1.807, 2.05) is 13.1 Å². The molecule has 0 saturated heterocycles. The van der Waals surface area contributed by atoms with Crippen molar-refractivity contribution in [1.82, 2.24) is 9.97 Å². The summed E-state index contributed by atoms with van der Waals surface area (Å²) in [7, 11) is 0. The van der Waals surface area contributed by atoms with Crippen LogP contribution < -0.4 is 5.32 Å². The van der Waals surface area contributed by atoms with Crippen LogP contribution in [0, 0.1) is 3.57 Å². The van der Waals surface area contributed by atoms with Gasteiger partial charge in [0.05, 0.1) is 3.57 Å². The van der Waals surface area contributed by atoms with Gasteiger partial charge in [0.25, 0.3) is 0 Å². The lowest BCUT2D eigenvalue weighted by atomic mass is 9.96. The zero-order valence-corrected chi connectivity index (χ0v) is 13.7. The molecule has 1 aromatic rings. The van der Waals surface area contributed by atoms with Crippen LogP contribution in [0.1, 0.15) is 46.4 Å². The molecular weight excluding hydrogens is 341 g/mol. The maximum atomic E-state index is 5.93. The van der Waals surface area contributed by atoms with Gasteiger partial charge in [-0.1, -0.05) is 13.8 Å². The molecule has 0 bridgehead atoms. The molecule has 1 heterocycles. The number of halogens is 1. The topological polar surface area (TPSA) is 47.0 Å². The average Bonchev–Trinajstić information content (AvgIpc) is 2.39. The first-order chi connectivity index (χ1) is 8.63. The Bertz CT molecular complexity index is 380. The van der Waals surface area contributed by atoms with Gasteiger partial charge in [0.2, 0.25) is 0 Å². The van der Waals surface area contributed by atoms with Crippen LogP contribution in [0.5, 0.6) is 0 Å². The van der Waals surface area contributed by atoms with Gasteiger partial charge >= 0.3 is 0 Å². The Hall–Kier alpha value is -0.430. The van der Waals surface area contributed by atoms with E-state index in [-0.39, 0.29) is 5.60 Å². The maximum Gasteiger partial charge on any atom is 0.162 e. The van der Waals surface area contributed by atoms with Crippen molar-refractivity contribution in [1.29, 1.82) is 0 Å². The highest BCUT2D eigenvalue weighted by Crippen LogP contribution is 2.31. The summed E-state index contributed by atoms with van der Waals surface area (Å²) in [5.41, 5.74) is -0.358. The molecule has 1 N–H and O–H groups in total. The minimum absolute atomic E-state index is 0.358.